The van der Waals surface area contributed by atoms with Crippen molar-refractivity contribution in [3.8, 4) is 11.5 Å². The largest absolute Gasteiger partial charge is 0.497 e. The van der Waals surface area contributed by atoms with Crippen LogP contribution >= 0.6 is 0 Å². The fraction of sp³-hybridized carbons (Fsp3) is 0.462. The first-order valence-electron chi connectivity index (χ1n) is 6.21. The number of anilines is 1. The van der Waals surface area contributed by atoms with Crippen molar-refractivity contribution in [2.45, 2.75) is 0 Å². The molecule has 6 heteroatoms. The molecule has 0 bridgehead atoms. The molecule has 19 heavy (non-hydrogen) atoms. The second-order valence-corrected chi connectivity index (χ2v) is 4.40. The van der Waals surface area contributed by atoms with Gasteiger partial charge in [0.1, 0.15) is 11.5 Å². The van der Waals surface area contributed by atoms with E-state index in [1.54, 1.807) is 14.2 Å². The summed E-state index contributed by atoms with van der Waals surface area (Å²) in [5.74, 6) is 1.72. The van der Waals surface area contributed by atoms with Crippen molar-refractivity contribution in [1.82, 2.24) is 4.90 Å². The fourth-order valence-corrected chi connectivity index (χ4v) is 2.23. The van der Waals surface area contributed by atoms with Crippen LogP contribution in [0.25, 0.3) is 0 Å². The van der Waals surface area contributed by atoms with Crippen LogP contribution in [0.4, 0.5) is 5.69 Å². The maximum atomic E-state index is 7.43. The summed E-state index contributed by atoms with van der Waals surface area (Å²) in [5, 5.41) is 7.43. The lowest BCUT2D eigenvalue weighted by Gasteiger charge is -2.36. The fourth-order valence-electron chi connectivity index (χ4n) is 2.23. The molecule has 1 fully saturated rings. The second kappa shape index (κ2) is 5.69. The van der Waals surface area contributed by atoms with E-state index >= 15 is 0 Å². The summed E-state index contributed by atoms with van der Waals surface area (Å²) in [7, 11) is 3.30. The van der Waals surface area contributed by atoms with Crippen LogP contribution in [-0.2, 0) is 0 Å². The average Bonchev–Trinajstić information content (AvgIpc) is 2.46. The molecule has 1 aliphatic rings. The van der Waals surface area contributed by atoms with Crippen LogP contribution in [-0.4, -0.2) is 51.3 Å². The van der Waals surface area contributed by atoms with Crippen molar-refractivity contribution in [3.63, 3.8) is 0 Å². The van der Waals surface area contributed by atoms with Gasteiger partial charge < -0.3 is 25.0 Å². The number of ether oxygens (including phenoxy) is 2. The number of hydrogen-bond donors (Lipinski definition) is 2. The zero-order chi connectivity index (χ0) is 13.8. The van der Waals surface area contributed by atoms with Crippen molar-refractivity contribution >= 4 is 11.6 Å². The number of piperazine rings is 1. The van der Waals surface area contributed by atoms with Crippen LogP contribution in [0.15, 0.2) is 18.2 Å². The Bertz CT molecular complexity index is 456. The molecule has 0 amide bonds. The highest BCUT2D eigenvalue weighted by Crippen LogP contribution is 2.32. The van der Waals surface area contributed by atoms with Gasteiger partial charge in [-0.3, -0.25) is 5.41 Å². The van der Waals surface area contributed by atoms with Gasteiger partial charge in [-0.2, -0.15) is 0 Å². The normalized spacial score (nSPS) is 15.3. The summed E-state index contributed by atoms with van der Waals surface area (Å²) in [6, 6.07) is 5.81. The maximum Gasteiger partial charge on any atom is 0.188 e. The molecular formula is C13H20N4O2. The molecule has 2 rings (SSSR count). The number of guanidine groups is 1. The summed E-state index contributed by atoms with van der Waals surface area (Å²) >= 11 is 0. The molecule has 6 nitrogen and oxygen atoms in total. The van der Waals surface area contributed by atoms with Crippen molar-refractivity contribution in [1.29, 1.82) is 5.41 Å². The standard InChI is InChI=1S/C13H20N4O2/c1-18-10-3-4-11(12(9-10)19-2)16-5-7-17(8-6-16)13(14)15/h3-4,9H,5-8H2,1-2H3,(H3,14,15). The molecule has 1 aromatic carbocycles. The highest BCUT2D eigenvalue weighted by atomic mass is 16.5. The van der Waals surface area contributed by atoms with E-state index in [2.05, 4.69) is 4.90 Å². The van der Waals surface area contributed by atoms with Gasteiger partial charge in [0.05, 0.1) is 19.9 Å². The number of hydrogen-bond acceptors (Lipinski definition) is 4. The second-order valence-electron chi connectivity index (χ2n) is 4.40. The number of nitrogens with two attached hydrogens (primary N) is 1. The molecule has 1 heterocycles. The van der Waals surface area contributed by atoms with Crippen LogP contribution in [0, 0.1) is 5.41 Å². The molecule has 0 aromatic heterocycles. The number of nitrogens with zero attached hydrogens (tertiary/aromatic N) is 2. The van der Waals surface area contributed by atoms with E-state index in [-0.39, 0.29) is 5.96 Å². The predicted octanol–water partition coefficient (Wildman–Crippen LogP) is 0.719. The Morgan fingerprint density at radius 1 is 1.16 bits per heavy atom. The van der Waals surface area contributed by atoms with Crippen molar-refractivity contribution in [2.75, 3.05) is 45.3 Å². The molecule has 0 saturated carbocycles. The predicted molar refractivity (Wildman–Crippen MR) is 75.2 cm³/mol. The van der Waals surface area contributed by atoms with Gasteiger partial charge >= 0.3 is 0 Å². The highest BCUT2D eigenvalue weighted by Gasteiger charge is 2.20. The average molecular weight is 264 g/mol. The van der Waals surface area contributed by atoms with E-state index in [1.165, 1.54) is 0 Å². The van der Waals surface area contributed by atoms with Crippen molar-refractivity contribution < 1.29 is 9.47 Å². The zero-order valence-corrected chi connectivity index (χ0v) is 11.3. The van der Waals surface area contributed by atoms with Crippen LogP contribution in [0.1, 0.15) is 0 Å². The summed E-state index contributed by atoms with van der Waals surface area (Å²) in [4.78, 5) is 4.10. The van der Waals surface area contributed by atoms with Crippen LogP contribution < -0.4 is 20.1 Å². The van der Waals surface area contributed by atoms with Gasteiger partial charge in [0.15, 0.2) is 5.96 Å². The topological polar surface area (TPSA) is 74.8 Å². The molecule has 0 spiro atoms. The van der Waals surface area contributed by atoms with E-state index in [0.717, 1.165) is 43.4 Å². The monoisotopic (exact) mass is 264 g/mol. The third-order valence-electron chi connectivity index (χ3n) is 3.35. The van der Waals surface area contributed by atoms with Gasteiger partial charge in [-0.25, -0.2) is 0 Å². The Balaban J connectivity index is 2.12. The van der Waals surface area contributed by atoms with E-state index in [9.17, 15) is 0 Å². The molecule has 0 atom stereocenters. The lowest BCUT2D eigenvalue weighted by atomic mass is 10.2. The Kier molecular flexibility index (Phi) is 3.99. The third-order valence-corrected chi connectivity index (χ3v) is 3.35. The summed E-state index contributed by atoms with van der Waals surface area (Å²) in [6.45, 7) is 3.15. The minimum absolute atomic E-state index is 0.140. The molecule has 1 aliphatic heterocycles. The van der Waals surface area contributed by atoms with Gasteiger partial charge in [0.25, 0.3) is 0 Å². The Morgan fingerprint density at radius 3 is 2.37 bits per heavy atom. The summed E-state index contributed by atoms with van der Waals surface area (Å²) < 4.78 is 10.6. The van der Waals surface area contributed by atoms with Gasteiger partial charge in [-0.1, -0.05) is 0 Å². The third kappa shape index (κ3) is 2.83. The van der Waals surface area contributed by atoms with E-state index in [0.29, 0.717) is 0 Å². The smallest absolute Gasteiger partial charge is 0.188 e. The molecule has 0 radical (unpaired) electrons. The van der Waals surface area contributed by atoms with Crippen LogP contribution in [0.2, 0.25) is 0 Å². The van der Waals surface area contributed by atoms with E-state index in [4.69, 9.17) is 20.6 Å². The van der Waals surface area contributed by atoms with Crippen molar-refractivity contribution in [3.05, 3.63) is 18.2 Å². The first-order chi connectivity index (χ1) is 9.15. The number of rotatable bonds is 3. The maximum absolute atomic E-state index is 7.43. The van der Waals surface area contributed by atoms with Crippen LogP contribution in [0.5, 0.6) is 11.5 Å². The first-order valence-corrected chi connectivity index (χ1v) is 6.21. The minimum Gasteiger partial charge on any atom is -0.497 e. The Labute approximate surface area is 113 Å². The quantitative estimate of drug-likeness (QED) is 0.621. The summed E-state index contributed by atoms with van der Waals surface area (Å²) in [5.41, 5.74) is 6.54. The SMILES string of the molecule is COc1ccc(N2CCN(C(=N)N)CC2)c(OC)c1. The summed E-state index contributed by atoms with van der Waals surface area (Å²) in [6.07, 6.45) is 0. The molecule has 3 N–H and O–H groups in total. The molecule has 0 aliphatic carbocycles. The number of methoxy groups -OCH3 is 2. The van der Waals surface area contributed by atoms with Crippen molar-refractivity contribution in [2.24, 2.45) is 5.73 Å². The lowest BCUT2D eigenvalue weighted by Crippen LogP contribution is -2.50. The van der Waals surface area contributed by atoms with Gasteiger partial charge in [-0.15, -0.1) is 0 Å². The minimum atomic E-state index is 0.140. The molecular weight excluding hydrogens is 244 g/mol. The van der Waals surface area contributed by atoms with Gasteiger partial charge in [-0.05, 0) is 12.1 Å². The highest BCUT2D eigenvalue weighted by molar-refractivity contribution is 5.75. The first kappa shape index (κ1) is 13.3. The molecule has 0 unspecified atom stereocenters. The number of benzene rings is 1. The Hall–Kier alpha value is -2.11. The van der Waals surface area contributed by atoms with E-state index in [1.807, 2.05) is 23.1 Å². The zero-order valence-electron chi connectivity index (χ0n) is 11.3. The van der Waals surface area contributed by atoms with E-state index < -0.39 is 0 Å². The number of nitrogens with one attached hydrogen (secondary N) is 1. The Morgan fingerprint density at radius 2 is 1.84 bits per heavy atom. The van der Waals surface area contributed by atoms with Gasteiger partial charge in [0.2, 0.25) is 0 Å². The molecule has 104 valence electrons. The molecule has 1 aromatic rings. The van der Waals surface area contributed by atoms with Gasteiger partial charge in [0, 0.05) is 32.2 Å². The molecule has 1 saturated heterocycles. The van der Waals surface area contributed by atoms with Crippen LogP contribution in [0.3, 0.4) is 0 Å². The lowest BCUT2D eigenvalue weighted by molar-refractivity contribution is 0.371.